The molecule has 1 aliphatic heterocycles. The lowest BCUT2D eigenvalue weighted by Gasteiger charge is -2.19. The first-order valence-electron chi connectivity index (χ1n) is 6.19. The Hall–Kier alpha value is -1.62. The number of likely N-dealkylation sites (tertiary alicyclic amines) is 1. The third-order valence-electron chi connectivity index (χ3n) is 3.25. The van der Waals surface area contributed by atoms with Crippen LogP contribution in [0.5, 0.6) is 0 Å². The third-order valence-corrected chi connectivity index (χ3v) is 3.25. The number of β-amino-alcohol motifs (C(OH)–C–C–N with tert-alkyl or cyclic N) is 1. The van der Waals surface area contributed by atoms with E-state index in [0.29, 0.717) is 30.9 Å². The van der Waals surface area contributed by atoms with E-state index in [1.165, 1.54) is 0 Å². The maximum atomic E-state index is 12.3. The molecule has 98 valence electrons. The summed E-state index contributed by atoms with van der Waals surface area (Å²) in [5.41, 5.74) is 6.28. The molecule has 0 bridgehead atoms. The fourth-order valence-corrected chi connectivity index (χ4v) is 2.22. The van der Waals surface area contributed by atoms with Crippen LogP contribution in [0.3, 0.4) is 0 Å². The van der Waals surface area contributed by atoms with Crippen molar-refractivity contribution in [1.82, 2.24) is 9.88 Å². The lowest BCUT2D eigenvalue weighted by Crippen LogP contribution is -2.34. The van der Waals surface area contributed by atoms with E-state index in [0.717, 1.165) is 12.1 Å². The smallest absolute Gasteiger partial charge is 0.254 e. The number of amides is 1. The van der Waals surface area contributed by atoms with Gasteiger partial charge in [-0.3, -0.25) is 4.79 Å². The van der Waals surface area contributed by atoms with Crippen LogP contribution in [-0.2, 0) is 6.42 Å². The Morgan fingerprint density at radius 3 is 2.89 bits per heavy atom. The van der Waals surface area contributed by atoms with E-state index in [9.17, 15) is 9.90 Å². The Balaban J connectivity index is 2.21. The highest BCUT2D eigenvalue weighted by Crippen LogP contribution is 2.22. The van der Waals surface area contributed by atoms with Crippen molar-refractivity contribution in [2.75, 3.05) is 18.8 Å². The third kappa shape index (κ3) is 2.61. The van der Waals surface area contributed by atoms with Gasteiger partial charge in [-0.25, -0.2) is 4.98 Å². The summed E-state index contributed by atoms with van der Waals surface area (Å²) in [6, 6.07) is 3.36. The van der Waals surface area contributed by atoms with Crippen molar-refractivity contribution in [3.8, 4) is 0 Å². The molecule has 18 heavy (non-hydrogen) atoms. The van der Waals surface area contributed by atoms with E-state index in [1.807, 2.05) is 6.92 Å². The van der Waals surface area contributed by atoms with Gasteiger partial charge in [0.05, 0.1) is 5.60 Å². The number of anilines is 1. The fraction of sp³-hybridized carbons (Fsp3) is 0.538. The molecule has 0 aliphatic carbocycles. The van der Waals surface area contributed by atoms with Gasteiger partial charge in [-0.2, -0.15) is 0 Å². The number of nitrogen functional groups attached to an aromatic ring is 1. The van der Waals surface area contributed by atoms with Crippen LogP contribution in [0.15, 0.2) is 12.1 Å². The quantitative estimate of drug-likeness (QED) is 0.813. The number of aryl methyl sites for hydroxylation is 1. The van der Waals surface area contributed by atoms with Gasteiger partial charge in [0.15, 0.2) is 0 Å². The molecule has 3 N–H and O–H groups in total. The van der Waals surface area contributed by atoms with Crippen molar-refractivity contribution in [3.05, 3.63) is 23.4 Å². The van der Waals surface area contributed by atoms with Crippen LogP contribution < -0.4 is 5.73 Å². The highest BCUT2D eigenvalue weighted by Gasteiger charge is 2.34. The SMILES string of the molecule is CCc1cc(C(=O)N2CCC(C)(O)C2)cc(N)n1. The molecule has 1 aromatic rings. The second-order valence-electron chi connectivity index (χ2n) is 5.10. The second-order valence-corrected chi connectivity index (χ2v) is 5.10. The summed E-state index contributed by atoms with van der Waals surface area (Å²) in [5, 5.41) is 9.89. The summed E-state index contributed by atoms with van der Waals surface area (Å²) < 4.78 is 0. The van der Waals surface area contributed by atoms with Crippen LogP contribution >= 0.6 is 0 Å². The van der Waals surface area contributed by atoms with E-state index in [2.05, 4.69) is 4.98 Å². The Labute approximate surface area is 107 Å². The molecule has 2 rings (SSSR count). The van der Waals surface area contributed by atoms with Gasteiger partial charge in [0.1, 0.15) is 5.82 Å². The Bertz CT molecular complexity index is 471. The van der Waals surface area contributed by atoms with Gasteiger partial charge in [0.25, 0.3) is 5.91 Å². The number of carbonyl (C=O) groups is 1. The lowest BCUT2D eigenvalue weighted by atomic mass is 10.1. The molecule has 1 unspecified atom stereocenters. The summed E-state index contributed by atoms with van der Waals surface area (Å²) >= 11 is 0. The standard InChI is InChI=1S/C13H19N3O2/c1-3-10-6-9(7-11(14)15-10)12(17)16-5-4-13(2,18)8-16/h6-7,18H,3-5,8H2,1-2H3,(H2,14,15). The number of hydrogen-bond donors (Lipinski definition) is 2. The number of nitrogens with two attached hydrogens (primary N) is 1. The first-order chi connectivity index (χ1) is 8.41. The van der Waals surface area contributed by atoms with Gasteiger partial charge in [0.2, 0.25) is 0 Å². The van der Waals surface area contributed by atoms with Crippen LogP contribution in [-0.4, -0.2) is 39.6 Å². The predicted molar refractivity (Wildman–Crippen MR) is 69.2 cm³/mol. The highest BCUT2D eigenvalue weighted by molar-refractivity contribution is 5.95. The van der Waals surface area contributed by atoms with E-state index >= 15 is 0 Å². The average molecular weight is 249 g/mol. The summed E-state index contributed by atoms with van der Waals surface area (Å²) in [4.78, 5) is 18.1. The van der Waals surface area contributed by atoms with Crippen LogP contribution in [0.1, 0.15) is 36.3 Å². The molecule has 1 aliphatic rings. The molecule has 0 aromatic carbocycles. The molecule has 2 heterocycles. The number of aliphatic hydroxyl groups is 1. The monoisotopic (exact) mass is 249 g/mol. The highest BCUT2D eigenvalue weighted by atomic mass is 16.3. The van der Waals surface area contributed by atoms with Gasteiger partial charge in [-0.1, -0.05) is 6.92 Å². The van der Waals surface area contributed by atoms with Crippen LogP contribution in [0.4, 0.5) is 5.82 Å². The van der Waals surface area contributed by atoms with Gasteiger partial charge < -0.3 is 15.7 Å². The van der Waals surface area contributed by atoms with Crippen molar-refractivity contribution in [2.24, 2.45) is 0 Å². The van der Waals surface area contributed by atoms with Crippen molar-refractivity contribution in [2.45, 2.75) is 32.3 Å². The molecule has 0 radical (unpaired) electrons. The molecule has 1 aromatic heterocycles. The molecule has 1 atom stereocenters. The molecule has 1 amide bonds. The minimum absolute atomic E-state index is 0.0865. The maximum Gasteiger partial charge on any atom is 0.254 e. The zero-order chi connectivity index (χ0) is 13.3. The topological polar surface area (TPSA) is 79.5 Å². The van der Waals surface area contributed by atoms with E-state index in [-0.39, 0.29) is 5.91 Å². The Morgan fingerprint density at radius 2 is 2.33 bits per heavy atom. The minimum atomic E-state index is -0.776. The zero-order valence-electron chi connectivity index (χ0n) is 10.8. The fourth-order valence-electron chi connectivity index (χ4n) is 2.22. The zero-order valence-corrected chi connectivity index (χ0v) is 10.8. The number of aromatic nitrogens is 1. The van der Waals surface area contributed by atoms with E-state index in [4.69, 9.17) is 5.73 Å². The molecule has 0 spiro atoms. The molecule has 5 heteroatoms. The largest absolute Gasteiger partial charge is 0.388 e. The summed E-state index contributed by atoms with van der Waals surface area (Å²) in [6.45, 7) is 4.67. The minimum Gasteiger partial charge on any atom is -0.388 e. The summed E-state index contributed by atoms with van der Waals surface area (Å²) in [5.74, 6) is 0.278. The molecule has 1 saturated heterocycles. The Kier molecular flexibility index (Phi) is 3.26. The van der Waals surface area contributed by atoms with Gasteiger partial charge in [-0.05, 0) is 31.9 Å². The maximum absolute atomic E-state index is 12.3. The average Bonchev–Trinajstić information content (AvgIpc) is 2.67. The van der Waals surface area contributed by atoms with Gasteiger partial charge in [0, 0.05) is 24.3 Å². The van der Waals surface area contributed by atoms with Crippen LogP contribution in [0, 0.1) is 0 Å². The lowest BCUT2D eigenvalue weighted by molar-refractivity contribution is 0.0572. The Morgan fingerprint density at radius 1 is 1.61 bits per heavy atom. The summed E-state index contributed by atoms with van der Waals surface area (Å²) in [6.07, 6.45) is 1.35. The van der Waals surface area contributed by atoms with Crippen molar-refractivity contribution < 1.29 is 9.90 Å². The van der Waals surface area contributed by atoms with E-state index in [1.54, 1.807) is 24.0 Å². The van der Waals surface area contributed by atoms with Crippen LogP contribution in [0.2, 0.25) is 0 Å². The first-order valence-corrected chi connectivity index (χ1v) is 6.19. The number of rotatable bonds is 2. The normalized spacial score (nSPS) is 23.4. The number of pyridine rings is 1. The molecule has 5 nitrogen and oxygen atoms in total. The number of hydrogen-bond acceptors (Lipinski definition) is 4. The first kappa shape index (κ1) is 12.8. The number of nitrogens with zero attached hydrogens (tertiary/aromatic N) is 2. The summed E-state index contributed by atoms with van der Waals surface area (Å²) in [7, 11) is 0. The van der Waals surface area contributed by atoms with Crippen molar-refractivity contribution in [1.29, 1.82) is 0 Å². The predicted octanol–water partition coefficient (Wildman–Crippen LogP) is 0.823. The van der Waals surface area contributed by atoms with Crippen LogP contribution in [0.25, 0.3) is 0 Å². The molecule has 1 fully saturated rings. The van der Waals surface area contributed by atoms with Crippen molar-refractivity contribution in [3.63, 3.8) is 0 Å². The molecule has 0 saturated carbocycles. The molecular formula is C13H19N3O2. The van der Waals surface area contributed by atoms with E-state index < -0.39 is 5.60 Å². The number of carbonyl (C=O) groups excluding carboxylic acids is 1. The van der Waals surface area contributed by atoms with Gasteiger partial charge >= 0.3 is 0 Å². The van der Waals surface area contributed by atoms with Gasteiger partial charge in [-0.15, -0.1) is 0 Å². The second kappa shape index (κ2) is 4.57. The van der Waals surface area contributed by atoms with Crippen molar-refractivity contribution >= 4 is 11.7 Å². The molecular weight excluding hydrogens is 230 g/mol.